The molecule has 1 aliphatic rings. The van der Waals surface area contributed by atoms with E-state index in [0.717, 1.165) is 24.8 Å². The maximum atomic E-state index is 5.44. The Morgan fingerprint density at radius 2 is 1.80 bits per heavy atom. The summed E-state index contributed by atoms with van der Waals surface area (Å²) < 4.78 is 5.44. The third-order valence-corrected chi connectivity index (χ3v) is 4.70. The van der Waals surface area contributed by atoms with Crippen molar-refractivity contribution in [3.63, 3.8) is 0 Å². The van der Waals surface area contributed by atoms with Crippen molar-refractivity contribution in [2.24, 2.45) is 5.92 Å². The summed E-state index contributed by atoms with van der Waals surface area (Å²) in [4.78, 5) is 2.38. The van der Waals surface area contributed by atoms with E-state index in [-0.39, 0.29) is 0 Å². The predicted octanol–water partition coefficient (Wildman–Crippen LogP) is 2.91. The predicted molar refractivity (Wildman–Crippen MR) is 84.5 cm³/mol. The molecule has 20 heavy (non-hydrogen) atoms. The first-order valence-electron chi connectivity index (χ1n) is 7.57. The number of nitrogens with one attached hydrogen (secondary N) is 1. The molecule has 1 N–H and O–H groups in total. The number of hydrogen-bond acceptors (Lipinski definition) is 3. The van der Waals surface area contributed by atoms with Crippen molar-refractivity contribution in [1.29, 1.82) is 0 Å². The second-order valence-corrected chi connectivity index (χ2v) is 6.10. The zero-order chi connectivity index (χ0) is 14.7. The van der Waals surface area contributed by atoms with Crippen LogP contribution in [-0.4, -0.2) is 39.2 Å². The molecule has 1 unspecified atom stereocenters. The summed E-state index contributed by atoms with van der Waals surface area (Å²) in [5.41, 5.74) is 4.10. The first-order valence-corrected chi connectivity index (χ1v) is 7.57. The Kier molecular flexibility index (Phi) is 5.06. The van der Waals surface area contributed by atoms with E-state index in [4.69, 9.17) is 4.74 Å². The van der Waals surface area contributed by atoms with Crippen LogP contribution in [0.25, 0.3) is 0 Å². The van der Waals surface area contributed by atoms with Crippen molar-refractivity contribution in [3.05, 3.63) is 28.8 Å². The normalized spacial score (nSPS) is 18.3. The molecule has 1 fully saturated rings. The summed E-state index contributed by atoms with van der Waals surface area (Å²) in [5, 5.41) is 3.47. The standard InChI is InChI=1S/C17H28N2O/c1-12-13(2)16(20-5)7-6-15(12)17(19(3)4)14-8-10-18-11-9-14/h6-7,14,17-18H,8-11H2,1-5H3. The first-order chi connectivity index (χ1) is 9.56. The second-order valence-electron chi connectivity index (χ2n) is 6.10. The van der Waals surface area contributed by atoms with Gasteiger partial charge in [0.1, 0.15) is 5.75 Å². The van der Waals surface area contributed by atoms with Crippen LogP contribution in [0.3, 0.4) is 0 Å². The van der Waals surface area contributed by atoms with Gasteiger partial charge in [0.25, 0.3) is 0 Å². The van der Waals surface area contributed by atoms with Gasteiger partial charge in [0.2, 0.25) is 0 Å². The Labute approximate surface area is 123 Å². The van der Waals surface area contributed by atoms with E-state index >= 15 is 0 Å². The maximum Gasteiger partial charge on any atom is 0.122 e. The summed E-state index contributed by atoms with van der Waals surface area (Å²) in [6.45, 7) is 6.67. The lowest BCUT2D eigenvalue weighted by atomic mass is 9.82. The van der Waals surface area contributed by atoms with E-state index in [1.165, 1.54) is 29.5 Å². The van der Waals surface area contributed by atoms with Crippen LogP contribution in [-0.2, 0) is 0 Å². The van der Waals surface area contributed by atoms with Gasteiger partial charge in [0, 0.05) is 6.04 Å². The van der Waals surface area contributed by atoms with Crippen molar-refractivity contribution >= 4 is 0 Å². The average Bonchev–Trinajstić information content (AvgIpc) is 2.45. The van der Waals surface area contributed by atoms with Crippen LogP contribution < -0.4 is 10.1 Å². The molecule has 0 radical (unpaired) electrons. The van der Waals surface area contributed by atoms with Crippen LogP contribution in [0.5, 0.6) is 5.75 Å². The quantitative estimate of drug-likeness (QED) is 0.915. The van der Waals surface area contributed by atoms with Crippen molar-refractivity contribution < 1.29 is 4.74 Å². The van der Waals surface area contributed by atoms with Crippen molar-refractivity contribution in [2.75, 3.05) is 34.3 Å². The fourth-order valence-corrected chi connectivity index (χ4v) is 3.47. The van der Waals surface area contributed by atoms with Gasteiger partial charge >= 0.3 is 0 Å². The van der Waals surface area contributed by atoms with Gasteiger partial charge in [-0.25, -0.2) is 0 Å². The Balaban J connectivity index is 2.36. The molecule has 1 aromatic rings. The molecule has 0 saturated carbocycles. The average molecular weight is 276 g/mol. The number of rotatable bonds is 4. The molecule has 0 spiro atoms. The molecule has 3 nitrogen and oxygen atoms in total. The minimum absolute atomic E-state index is 0.502. The van der Waals surface area contributed by atoms with Crippen LogP contribution in [0, 0.1) is 19.8 Å². The maximum absolute atomic E-state index is 5.44. The molecule has 2 rings (SSSR count). The largest absolute Gasteiger partial charge is 0.496 e. The van der Waals surface area contributed by atoms with E-state index in [9.17, 15) is 0 Å². The Bertz CT molecular complexity index is 451. The SMILES string of the molecule is COc1ccc(C(C2CCNCC2)N(C)C)c(C)c1C. The molecule has 112 valence electrons. The van der Waals surface area contributed by atoms with Gasteiger partial charge in [-0.3, -0.25) is 0 Å². The van der Waals surface area contributed by atoms with Gasteiger partial charge in [-0.05, 0) is 82.5 Å². The second kappa shape index (κ2) is 6.59. The first kappa shape index (κ1) is 15.3. The van der Waals surface area contributed by atoms with Crippen LogP contribution in [0.2, 0.25) is 0 Å². The number of benzene rings is 1. The lowest BCUT2D eigenvalue weighted by Gasteiger charge is -2.36. The van der Waals surface area contributed by atoms with Gasteiger partial charge in [-0.15, -0.1) is 0 Å². The number of hydrogen-bond donors (Lipinski definition) is 1. The van der Waals surface area contributed by atoms with E-state index in [0.29, 0.717) is 6.04 Å². The molecule has 0 bridgehead atoms. The van der Waals surface area contributed by atoms with Gasteiger partial charge in [-0.1, -0.05) is 6.07 Å². The minimum Gasteiger partial charge on any atom is -0.496 e. The summed E-state index contributed by atoms with van der Waals surface area (Å²) in [7, 11) is 6.15. The summed E-state index contributed by atoms with van der Waals surface area (Å²) in [6.07, 6.45) is 2.51. The third-order valence-electron chi connectivity index (χ3n) is 4.70. The van der Waals surface area contributed by atoms with Crippen LogP contribution >= 0.6 is 0 Å². The highest BCUT2D eigenvalue weighted by molar-refractivity contribution is 5.45. The van der Waals surface area contributed by atoms with Gasteiger partial charge in [0.05, 0.1) is 7.11 Å². The summed E-state index contributed by atoms with van der Waals surface area (Å²) in [6, 6.07) is 4.88. The number of methoxy groups -OCH3 is 1. The fourth-order valence-electron chi connectivity index (χ4n) is 3.47. The molecule has 3 heteroatoms. The molecule has 0 aromatic heterocycles. The van der Waals surface area contributed by atoms with E-state index in [2.05, 4.69) is 50.3 Å². The summed E-state index contributed by atoms with van der Waals surface area (Å²) in [5.74, 6) is 1.73. The molecule has 1 aliphatic heterocycles. The molecule has 1 saturated heterocycles. The molecule has 0 amide bonds. The smallest absolute Gasteiger partial charge is 0.122 e. The third kappa shape index (κ3) is 2.99. The molecule has 1 aromatic carbocycles. The van der Waals surface area contributed by atoms with Gasteiger partial charge in [-0.2, -0.15) is 0 Å². The van der Waals surface area contributed by atoms with Gasteiger partial charge in [0.15, 0.2) is 0 Å². The molecule has 1 atom stereocenters. The minimum atomic E-state index is 0.502. The topological polar surface area (TPSA) is 24.5 Å². The lowest BCUT2D eigenvalue weighted by molar-refractivity contribution is 0.177. The highest BCUT2D eigenvalue weighted by Crippen LogP contribution is 2.37. The van der Waals surface area contributed by atoms with E-state index in [1.807, 2.05) is 0 Å². The zero-order valence-corrected chi connectivity index (χ0v) is 13.5. The van der Waals surface area contributed by atoms with Crippen LogP contribution in [0.4, 0.5) is 0 Å². The lowest BCUT2D eigenvalue weighted by Crippen LogP contribution is -2.36. The summed E-state index contributed by atoms with van der Waals surface area (Å²) >= 11 is 0. The Morgan fingerprint density at radius 3 is 2.35 bits per heavy atom. The monoisotopic (exact) mass is 276 g/mol. The van der Waals surface area contributed by atoms with Crippen molar-refractivity contribution in [1.82, 2.24) is 10.2 Å². The molecule has 1 heterocycles. The highest BCUT2D eigenvalue weighted by Gasteiger charge is 2.28. The van der Waals surface area contributed by atoms with Crippen LogP contribution in [0.15, 0.2) is 12.1 Å². The van der Waals surface area contributed by atoms with E-state index < -0.39 is 0 Å². The Morgan fingerprint density at radius 1 is 1.15 bits per heavy atom. The number of ether oxygens (including phenoxy) is 1. The van der Waals surface area contributed by atoms with Crippen molar-refractivity contribution in [3.8, 4) is 5.75 Å². The molecular formula is C17H28N2O. The molecule has 0 aliphatic carbocycles. The number of piperidine rings is 1. The van der Waals surface area contributed by atoms with Crippen LogP contribution in [0.1, 0.15) is 35.6 Å². The molecular weight excluding hydrogens is 248 g/mol. The van der Waals surface area contributed by atoms with Gasteiger partial charge < -0.3 is 15.0 Å². The van der Waals surface area contributed by atoms with E-state index in [1.54, 1.807) is 7.11 Å². The highest BCUT2D eigenvalue weighted by atomic mass is 16.5. The van der Waals surface area contributed by atoms with Crippen molar-refractivity contribution in [2.45, 2.75) is 32.7 Å². The Hall–Kier alpha value is -1.06. The fraction of sp³-hybridized carbons (Fsp3) is 0.647. The number of nitrogens with zero attached hydrogens (tertiary/aromatic N) is 1. The zero-order valence-electron chi connectivity index (χ0n) is 13.5.